The zero-order chi connectivity index (χ0) is 46.2. The van der Waals surface area contributed by atoms with Gasteiger partial charge in [0, 0.05) is 5.41 Å². The number of rotatable bonds is 5. The lowest BCUT2D eigenvalue weighted by Gasteiger charge is -2.73. The van der Waals surface area contributed by atoms with Gasteiger partial charge in [0.25, 0.3) is 0 Å². The van der Waals surface area contributed by atoms with Crippen molar-refractivity contribution in [2.24, 2.45) is 113 Å². The van der Waals surface area contributed by atoms with Crippen LogP contribution in [0.5, 0.6) is 0 Å². The summed E-state index contributed by atoms with van der Waals surface area (Å²) in [5.74, 6) is 5.52. The minimum atomic E-state index is -0.405. The third-order valence-corrected chi connectivity index (χ3v) is 27.2. The molecule has 0 amide bonds. The summed E-state index contributed by atoms with van der Waals surface area (Å²) in [6, 6.07) is 0. The van der Waals surface area contributed by atoms with Crippen LogP contribution in [0.2, 0.25) is 0 Å². The Balaban J connectivity index is 0.927. The highest BCUT2D eigenvalue weighted by atomic mass is 16.5. The van der Waals surface area contributed by atoms with Crippen molar-refractivity contribution >= 4 is 5.97 Å². The second-order valence-electron chi connectivity index (χ2n) is 29.2. The quantitative estimate of drug-likeness (QED) is 0.213. The predicted octanol–water partition coefficient (Wildman–Crippen LogP) is 14.6. The van der Waals surface area contributed by atoms with Crippen LogP contribution in [0.25, 0.3) is 0 Å². The molecule has 0 radical (unpaired) electrons. The van der Waals surface area contributed by atoms with Gasteiger partial charge >= 0.3 is 5.97 Å². The minimum absolute atomic E-state index is 0.0275. The lowest BCUT2D eigenvalue weighted by Crippen LogP contribution is -2.67. The molecule has 4 heteroatoms. The van der Waals surface area contributed by atoms with Crippen LogP contribution in [-0.4, -0.2) is 35.0 Å². The molecule has 360 valence electrons. The number of allylic oxidation sites excluding steroid dienone is 2. The van der Waals surface area contributed by atoms with Crippen molar-refractivity contribution in [1.29, 1.82) is 0 Å². The summed E-state index contributed by atoms with van der Waals surface area (Å²) in [5, 5.41) is 22.6. The molecular formula is C60H96O4. The van der Waals surface area contributed by atoms with Gasteiger partial charge in [-0.05, 0) is 245 Å². The van der Waals surface area contributed by atoms with Gasteiger partial charge in [-0.25, -0.2) is 0 Å². The maximum absolute atomic E-state index is 15.6. The maximum atomic E-state index is 15.6. The molecule has 2 N–H and O–H groups in total. The zero-order valence-electron chi connectivity index (χ0n) is 43.4. The minimum Gasteiger partial charge on any atom is -0.465 e. The molecule has 0 heterocycles. The Morgan fingerprint density at radius 1 is 0.484 bits per heavy atom. The van der Waals surface area contributed by atoms with Crippen molar-refractivity contribution in [3.8, 4) is 0 Å². The van der Waals surface area contributed by atoms with Crippen molar-refractivity contribution in [1.82, 2.24) is 0 Å². The lowest BCUT2D eigenvalue weighted by atomic mass is 9.32. The monoisotopic (exact) mass is 881 g/mol. The number of aliphatic hydroxyl groups excluding tert-OH is 2. The Hall–Kier alpha value is -1.13. The SMILES string of the molecule is C=C(C)[C@@H]1CC[C@]2(COC(=O)[C@]34CC[C@@H](C(=C)C)[C@@H]3[C@H]3CC[C@@H]5[C@@]6(C)CC[C@H](O)C(C)(C)[C@@H]6CC[C@@]5(C)[C@]3(C)CC4)CC[C@]3(C)[C@H](CC[C@@H]4[C@@]5(C)CC[C@H](O)C(C)(C)[C@@H]5CC[C@]43C)[C@@H]12. The molecule has 0 aromatic heterocycles. The molecule has 0 aromatic rings. The highest BCUT2D eigenvalue weighted by molar-refractivity contribution is 5.78. The van der Waals surface area contributed by atoms with Gasteiger partial charge in [0.05, 0.1) is 24.2 Å². The van der Waals surface area contributed by atoms with Crippen molar-refractivity contribution in [2.45, 2.75) is 224 Å². The van der Waals surface area contributed by atoms with E-state index in [1.165, 1.54) is 94.6 Å². The van der Waals surface area contributed by atoms with Crippen LogP contribution in [-0.2, 0) is 9.53 Å². The topological polar surface area (TPSA) is 66.8 Å². The average molecular weight is 881 g/mol. The van der Waals surface area contributed by atoms with Crippen molar-refractivity contribution in [3.63, 3.8) is 0 Å². The van der Waals surface area contributed by atoms with E-state index < -0.39 is 5.41 Å². The number of carbonyl (C=O) groups excluding carboxylic acids is 1. The molecule has 10 aliphatic carbocycles. The Labute approximate surface area is 392 Å². The Morgan fingerprint density at radius 2 is 0.938 bits per heavy atom. The fraction of sp³-hybridized carbons (Fsp3) is 0.917. The van der Waals surface area contributed by atoms with Gasteiger partial charge in [0.2, 0.25) is 0 Å². The average Bonchev–Trinajstić information content (AvgIpc) is 3.82. The predicted molar refractivity (Wildman–Crippen MR) is 261 cm³/mol. The van der Waals surface area contributed by atoms with Gasteiger partial charge in [0.15, 0.2) is 0 Å². The number of hydrogen-bond donors (Lipinski definition) is 2. The summed E-state index contributed by atoms with van der Waals surface area (Å²) >= 11 is 0. The first kappa shape index (κ1) is 46.6. The van der Waals surface area contributed by atoms with E-state index in [0.717, 1.165) is 44.9 Å². The van der Waals surface area contributed by atoms with Gasteiger partial charge in [-0.1, -0.05) is 93.5 Å². The largest absolute Gasteiger partial charge is 0.465 e. The standard InChI is InChI=1S/C60H96O4/c1-36(2)38-19-29-59(33-31-55(11)40(48(38)59)15-17-44-53(9)25-23-46(61)51(5,6)42(53)21-27-57(44,55)13)35-64-50(63)60-30-20-39(37(3)4)49(60)41-16-18-45-54(10)26-24-47(62)52(7,8)43(54)22-28-58(45,14)56(41,12)32-34-60/h38-49,61-62H,1,3,15-35H2,2,4-14H3/t38-,39-,40+,41+,42-,43-,44+,45+,46-,47-,48+,49+,53-,54-,55+,56+,57+,58+,59+,60-/m0/s1. The summed E-state index contributed by atoms with van der Waals surface area (Å²) in [6.07, 6.45) is 22.8. The summed E-state index contributed by atoms with van der Waals surface area (Å²) in [5.41, 5.74) is 3.65. The second kappa shape index (κ2) is 14.5. The number of hydrogen-bond acceptors (Lipinski definition) is 4. The maximum Gasteiger partial charge on any atom is 0.312 e. The van der Waals surface area contributed by atoms with Crippen LogP contribution in [0.3, 0.4) is 0 Å². The fourth-order valence-electron chi connectivity index (χ4n) is 23.4. The molecule has 0 aromatic carbocycles. The van der Waals surface area contributed by atoms with Crippen LogP contribution in [0.4, 0.5) is 0 Å². The Bertz CT molecular complexity index is 1930. The normalized spacial score (nSPS) is 56.7. The molecule has 0 aliphatic heterocycles. The van der Waals surface area contributed by atoms with E-state index in [9.17, 15) is 10.2 Å². The molecular weight excluding hydrogens is 785 g/mol. The third-order valence-electron chi connectivity index (χ3n) is 27.2. The smallest absolute Gasteiger partial charge is 0.312 e. The highest BCUT2D eigenvalue weighted by Crippen LogP contribution is 2.80. The second-order valence-corrected chi connectivity index (χ2v) is 29.2. The van der Waals surface area contributed by atoms with Crippen molar-refractivity contribution < 1.29 is 19.7 Å². The van der Waals surface area contributed by atoms with Gasteiger partial charge in [-0.15, -0.1) is 0 Å². The van der Waals surface area contributed by atoms with Gasteiger partial charge < -0.3 is 14.9 Å². The van der Waals surface area contributed by atoms with Gasteiger partial charge in [-0.3, -0.25) is 4.79 Å². The van der Waals surface area contributed by atoms with Crippen LogP contribution in [0.1, 0.15) is 212 Å². The number of ether oxygens (including phenoxy) is 1. The number of aliphatic hydroxyl groups is 2. The molecule has 4 nitrogen and oxygen atoms in total. The number of esters is 1. The molecule has 0 unspecified atom stereocenters. The Kier molecular flexibility index (Phi) is 10.5. The van der Waals surface area contributed by atoms with E-state index in [1.54, 1.807) is 0 Å². The summed E-state index contributed by atoms with van der Waals surface area (Å²) in [7, 11) is 0. The van der Waals surface area contributed by atoms with Crippen LogP contribution in [0, 0.1) is 113 Å². The van der Waals surface area contributed by atoms with E-state index in [0.29, 0.717) is 65.8 Å². The van der Waals surface area contributed by atoms with E-state index in [-0.39, 0.29) is 66.9 Å². The lowest BCUT2D eigenvalue weighted by molar-refractivity contribution is -0.253. The number of fused-ring (bicyclic) bond motifs is 14. The molecule has 10 fully saturated rings. The van der Waals surface area contributed by atoms with Crippen LogP contribution < -0.4 is 0 Å². The van der Waals surface area contributed by atoms with Gasteiger partial charge in [0.1, 0.15) is 0 Å². The third kappa shape index (κ3) is 5.63. The molecule has 0 saturated heterocycles. The molecule has 20 atom stereocenters. The van der Waals surface area contributed by atoms with E-state index >= 15 is 4.79 Å². The molecule has 64 heavy (non-hydrogen) atoms. The molecule has 0 bridgehead atoms. The van der Waals surface area contributed by atoms with Crippen molar-refractivity contribution in [3.05, 3.63) is 24.3 Å². The first-order valence-electron chi connectivity index (χ1n) is 27.6. The van der Waals surface area contributed by atoms with Gasteiger partial charge in [-0.2, -0.15) is 0 Å². The zero-order valence-corrected chi connectivity index (χ0v) is 43.4. The molecule has 0 spiro atoms. The first-order chi connectivity index (χ1) is 29.8. The van der Waals surface area contributed by atoms with Crippen LogP contribution >= 0.6 is 0 Å². The summed E-state index contributed by atoms with van der Waals surface area (Å²) in [4.78, 5) is 15.6. The summed E-state index contributed by atoms with van der Waals surface area (Å²) < 4.78 is 7.17. The first-order valence-corrected chi connectivity index (χ1v) is 27.6. The summed E-state index contributed by atoms with van der Waals surface area (Å²) in [6.45, 7) is 40.2. The van der Waals surface area contributed by atoms with E-state index in [2.05, 4.69) is 89.7 Å². The fourth-order valence-corrected chi connectivity index (χ4v) is 23.4. The van der Waals surface area contributed by atoms with E-state index in [1.807, 2.05) is 0 Å². The molecule has 10 saturated carbocycles. The Morgan fingerprint density at radius 3 is 1.44 bits per heavy atom. The molecule has 10 aliphatic rings. The number of carbonyl (C=O) groups is 1. The van der Waals surface area contributed by atoms with Crippen molar-refractivity contribution in [2.75, 3.05) is 6.61 Å². The highest BCUT2D eigenvalue weighted by Gasteiger charge is 2.74. The molecule has 10 rings (SSSR count). The van der Waals surface area contributed by atoms with Crippen LogP contribution in [0.15, 0.2) is 24.3 Å². The van der Waals surface area contributed by atoms with E-state index in [4.69, 9.17) is 11.3 Å².